The van der Waals surface area contributed by atoms with Crippen LogP contribution in [0, 0.1) is 6.92 Å². The van der Waals surface area contributed by atoms with Crippen LogP contribution in [-0.4, -0.2) is 24.3 Å². The first kappa shape index (κ1) is 14.7. The number of aromatic nitrogens is 1. The largest absolute Gasteiger partial charge is 0.486 e. The van der Waals surface area contributed by atoms with Gasteiger partial charge in [-0.1, -0.05) is 23.7 Å². The van der Waals surface area contributed by atoms with E-state index in [0.717, 1.165) is 0 Å². The van der Waals surface area contributed by atoms with E-state index in [9.17, 15) is 4.79 Å². The number of halogens is 1. The molecule has 1 N–H and O–H groups in total. The van der Waals surface area contributed by atoms with Gasteiger partial charge in [-0.2, -0.15) is 0 Å². The molecule has 0 bridgehead atoms. The summed E-state index contributed by atoms with van der Waals surface area (Å²) in [6, 6.07) is 3.29. The van der Waals surface area contributed by atoms with Crippen molar-refractivity contribution in [3.8, 4) is 11.5 Å². The van der Waals surface area contributed by atoms with Gasteiger partial charge >= 0.3 is 0 Å². The zero-order chi connectivity index (χ0) is 15.7. The van der Waals surface area contributed by atoms with Crippen LogP contribution in [0.25, 0.3) is 0 Å². The number of carbonyl (C=O) groups is 1. The van der Waals surface area contributed by atoms with Gasteiger partial charge in [0.15, 0.2) is 11.5 Å². The number of hydrogen-bond acceptors (Lipinski definition) is 5. The van der Waals surface area contributed by atoms with Gasteiger partial charge in [-0.15, -0.1) is 0 Å². The highest BCUT2D eigenvalue weighted by Gasteiger charge is 2.21. The minimum absolute atomic E-state index is 0.311. The van der Waals surface area contributed by atoms with E-state index in [1.54, 1.807) is 19.1 Å². The van der Waals surface area contributed by atoms with Crippen LogP contribution in [-0.2, 0) is 6.42 Å². The summed E-state index contributed by atoms with van der Waals surface area (Å²) in [4.78, 5) is 12.5. The van der Waals surface area contributed by atoms with Crippen LogP contribution >= 0.6 is 11.6 Å². The van der Waals surface area contributed by atoms with E-state index in [2.05, 4.69) is 10.5 Å². The van der Waals surface area contributed by atoms with Crippen molar-refractivity contribution in [3.63, 3.8) is 0 Å². The average Bonchev–Trinajstić information content (AvgIpc) is 2.89. The molecule has 6 nitrogen and oxygen atoms in total. The first-order chi connectivity index (χ1) is 10.6. The molecular formula is C15H15ClN2O4. The van der Waals surface area contributed by atoms with Gasteiger partial charge in [0.05, 0.1) is 16.4 Å². The van der Waals surface area contributed by atoms with Gasteiger partial charge in [-0.25, -0.2) is 0 Å². The van der Waals surface area contributed by atoms with Gasteiger partial charge in [0.25, 0.3) is 5.91 Å². The summed E-state index contributed by atoms with van der Waals surface area (Å²) in [5, 5.41) is 7.03. The van der Waals surface area contributed by atoms with Crippen molar-refractivity contribution in [1.82, 2.24) is 5.16 Å². The molecule has 0 radical (unpaired) electrons. The van der Waals surface area contributed by atoms with Crippen molar-refractivity contribution < 1.29 is 18.8 Å². The molecule has 1 aromatic heterocycles. The number of nitrogens with one attached hydrogen (secondary N) is 1. The number of amides is 1. The van der Waals surface area contributed by atoms with Crippen molar-refractivity contribution in [2.24, 2.45) is 0 Å². The van der Waals surface area contributed by atoms with Crippen LogP contribution in [0.4, 0.5) is 5.69 Å². The Bertz CT molecular complexity index is 727. The van der Waals surface area contributed by atoms with E-state index < -0.39 is 0 Å². The summed E-state index contributed by atoms with van der Waals surface area (Å²) < 4.78 is 16.0. The molecule has 0 saturated heterocycles. The van der Waals surface area contributed by atoms with Crippen LogP contribution in [0.1, 0.15) is 28.7 Å². The number of fused-ring (bicyclic) bond motifs is 1. The molecule has 1 aromatic carbocycles. The monoisotopic (exact) mass is 322 g/mol. The topological polar surface area (TPSA) is 73.6 Å². The van der Waals surface area contributed by atoms with Gasteiger partial charge < -0.3 is 19.3 Å². The van der Waals surface area contributed by atoms with E-state index in [-0.39, 0.29) is 5.91 Å². The minimum atomic E-state index is -0.311. The lowest BCUT2D eigenvalue weighted by molar-refractivity contribution is 0.102. The van der Waals surface area contributed by atoms with Crippen molar-refractivity contribution in [1.29, 1.82) is 0 Å². The zero-order valence-electron chi connectivity index (χ0n) is 12.2. The minimum Gasteiger partial charge on any atom is -0.486 e. The third kappa shape index (κ3) is 2.62. The quantitative estimate of drug-likeness (QED) is 0.939. The lowest BCUT2D eigenvalue weighted by Crippen LogP contribution is -2.17. The smallest absolute Gasteiger partial charge is 0.261 e. The number of ether oxygens (including phenoxy) is 2. The van der Waals surface area contributed by atoms with Crippen LogP contribution in [0.5, 0.6) is 11.5 Å². The maximum absolute atomic E-state index is 12.5. The van der Waals surface area contributed by atoms with Gasteiger partial charge in [-0.05, 0) is 13.3 Å². The fraction of sp³-hybridized carbons (Fsp3) is 0.333. The van der Waals surface area contributed by atoms with Gasteiger partial charge in [0.2, 0.25) is 0 Å². The number of benzene rings is 1. The molecule has 116 valence electrons. The summed E-state index contributed by atoms with van der Waals surface area (Å²) in [6.45, 7) is 4.55. The molecule has 1 amide bonds. The van der Waals surface area contributed by atoms with Crippen LogP contribution in [0.15, 0.2) is 16.7 Å². The Morgan fingerprint density at radius 1 is 1.32 bits per heavy atom. The fourth-order valence-electron chi connectivity index (χ4n) is 2.29. The molecule has 2 heterocycles. The number of aryl methyl sites for hydroxylation is 2. The molecule has 2 aromatic rings. The Morgan fingerprint density at radius 3 is 2.68 bits per heavy atom. The number of carbonyl (C=O) groups excluding carboxylic acids is 1. The van der Waals surface area contributed by atoms with E-state index in [1.807, 2.05) is 6.92 Å². The van der Waals surface area contributed by atoms with E-state index in [4.69, 9.17) is 25.6 Å². The molecular weight excluding hydrogens is 308 g/mol. The Hall–Kier alpha value is -2.21. The van der Waals surface area contributed by atoms with Crippen molar-refractivity contribution in [2.75, 3.05) is 18.5 Å². The molecule has 0 aliphatic carbocycles. The van der Waals surface area contributed by atoms with Crippen LogP contribution < -0.4 is 14.8 Å². The lowest BCUT2D eigenvalue weighted by atomic mass is 10.1. The molecule has 0 unspecified atom stereocenters. The predicted molar refractivity (Wildman–Crippen MR) is 81.0 cm³/mol. The summed E-state index contributed by atoms with van der Waals surface area (Å²) in [6.07, 6.45) is 0.606. The van der Waals surface area contributed by atoms with E-state index in [0.29, 0.717) is 58.9 Å². The second-order valence-corrected chi connectivity index (χ2v) is 5.25. The number of hydrogen-bond donors (Lipinski definition) is 1. The van der Waals surface area contributed by atoms with Gasteiger partial charge in [0, 0.05) is 12.1 Å². The van der Waals surface area contributed by atoms with E-state index in [1.165, 1.54) is 0 Å². The maximum atomic E-state index is 12.5. The molecule has 22 heavy (non-hydrogen) atoms. The normalized spacial score (nSPS) is 13.0. The summed E-state index contributed by atoms with van der Waals surface area (Å²) in [7, 11) is 0. The lowest BCUT2D eigenvalue weighted by Gasteiger charge is -2.20. The predicted octanol–water partition coefficient (Wildman–Crippen LogP) is 3.22. The van der Waals surface area contributed by atoms with Crippen molar-refractivity contribution in [2.45, 2.75) is 20.3 Å². The second-order valence-electron chi connectivity index (χ2n) is 4.84. The highest BCUT2D eigenvalue weighted by molar-refractivity contribution is 6.34. The Morgan fingerprint density at radius 2 is 2.00 bits per heavy atom. The summed E-state index contributed by atoms with van der Waals surface area (Å²) >= 11 is 6.19. The number of rotatable bonds is 3. The third-order valence-corrected chi connectivity index (χ3v) is 3.69. The third-order valence-electron chi connectivity index (χ3n) is 3.38. The molecule has 0 atom stereocenters. The first-order valence-corrected chi connectivity index (χ1v) is 7.33. The molecule has 1 aliphatic rings. The highest BCUT2D eigenvalue weighted by Crippen LogP contribution is 2.38. The Labute approximate surface area is 132 Å². The molecule has 0 fully saturated rings. The second kappa shape index (κ2) is 5.88. The Balaban J connectivity index is 1.89. The summed E-state index contributed by atoms with van der Waals surface area (Å²) in [5.41, 5.74) is 1.51. The number of nitrogens with zero attached hydrogens (tertiary/aromatic N) is 1. The average molecular weight is 323 g/mol. The van der Waals surface area contributed by atoms with Gasteiger partial charge in [0.1, 0.15) is 24.5 Å². The standard InChI is InChI=1S/C15H15ClN2O4/c1-3-10-14(8(2)22-18-10)15(19)17-11-7-13-12(6-9(11)16)20-4-5-21-13/h6-7H,3-5H2,1-2H3,(H,17,19). The van der Waals surface area contributed by atoms with Crippen LogP contribution in [0.2, 0.25) is 5.02 Å². The highest BCUT2D eigenvalue weighted by atomic mass is 35.5. The number of anilines is 1. The van der Waals surface area contributed by atoms with Crippen LogP contribution in [0.3, 0.4) is 0 Å². The first-order valence-electron chi connectivity index (χ1n) is 6.95. The molecule has 0 spiro atoms. The molecule has 1 aliphatic heterocycles. The molecule has 7 heteroatoms. The van der Waals surface area contributed by atoms with Gasteiger partial charge in [-0.3, -0.25) is 4.79 Å². The molecule has 0 saturated carbocycles. The van der Waals surface area contributed by atoms with Crippen molar-refractivity contribution >= 4 is 23.2 Å². The zero-order valence-corrected chi connectivity index (χ0v) is 13.0. The molecule has 3 rings (SSSR count). The summed E-state index contributed by atoms with van der Waals surface area (Å²) in [5.74, 6) is 1.30. The maximum Gasteiger partial charge on any atom is 0.261 e. The fourth-order valence-corrected chi connectivity index (χ4v) is 2.50. The Kier molecular flexibility index (Phi) is 3.94. The van der Waals surface area contributed by atoms with Crippen molar-refractivity contribution in [3.05, 3.63) is 34.2 Å². The SMILES string of the molecule is CCc1noc(C)c1C(=O)Nc1cc2c(cc1Cl)OCCO2. The van der Waals surface area contributed by atoms with E-state index >= 15 is 0 Å².